The van der Waals surface area contributed by atoms with E-state index in [0.717, 1.165) is 71.6 Å². The average molecular weight is 487 g/mol. The predicted molar refractivity (Wildman–Crippen MR) is 135 cm³/mol. The summed E-state index contributed by atoms with van der Waals surface area (Å²) in [6, 6.07) is 15.9. The van der Waals surface area contributed by atoms with Crippen molar-refractivity contribution >= 4 is 16.8 Å². The van der Waals surface area contributed by atoms with Crippen molar-refractivity contribution in [1.29, 1.82) is 0 Å². The molecule has 4 aromatic rings. The van der Waals surface area contributed by atoms with E-state index < -0.39 is 0 Å². The SMILES string of the molecule is COc1ccc(C2Cn3nnc(CN4CCC(NC(=O)c5cccc6[nH]ccc56)CC4)c3CO2)cc1. The topological polar surface area (TPSA) is 97.3 Å². The summed E-state index contributed by atoms with van der Waals surface area (Å²) in [6.45, 7) is 3.70. The second-order valence-corrected chi connectivity index (χ2v) is 9.51. The van der Waals surface area contributed by atoms with Crippen molar-refractivity contribution < 1.29 is 14.3 Å². The zero-order chi connectivity index (χ0) is 24.5. The summed E-state index contributed by atoms with van der Waals surface area (Å²) in [5.41, 5.74) is 4.84. The number of piperidine rings is 1. The van der Waals surface area contributed by atoms with E-state index in [1.807, 2.05) is 59.4 Å². The Kier molecular flexibility index (Phi) is 6.16. The van der Waals surface area contributed by atoms with Crippen molar-refractivity contribution in [2.24, 2.45) is 0 Å². The van der Waals surface area contributed by atoms with Crippen LogP contribution in [0.2, 0.25) is 0 Å². The maximum absolute atomic E-state index is 12.9. The number of amides is 1. The first-order valence-corrected chi connectivity index (χ1v) is 12.4. The average Bonchev–Trinajstić information content (AvgIpc) is 3.56. The number of methoxy groups -OCH3 is 1. The third kappa shape index (κ3) is 4.47. The molecule has 1 amide bonds. The number of nitrogens with one attached hydrogen (secondary N) is 2. The molecule has 0 aliphatic carbocycles. The van der Waals surface area contributed by atoms with Crippen LogP contribution in [0.5, 0.6) is 5.75 Å². The lowest BCUT2D eigenvalue weighted by atomic mass is 10.0. The number of carbonyl (C=O) groups is 1. The summed E-state index contributed by atoms with van der Waals surface area (Å²) < 4.78 is 13.4. The summed E-state index contributed by atoms with van der Waals surface area (Å²) in [4.78, 5) is 18.5. The van der Waals surface area contributed by atoms with E-state index in [1.54, 1.807) is 7.11 Å². The van der Waals surface area contributed by atoms with E-state index in [4.69, 9.17) is 9.47 Å². The van der Waals surface area contributed by atoms with Crippen LogP contribution in [0, 0.1) is 0 Å². The van der Waals surface area contributed by atoms with Crippen molar-refractivity contribution in [3.63, 3.8) is 0 Å². The molecule has 1 fully saturated rings. The van der Waals surface area contributed by atoms with E-state index in [0.29, 0.717) is 13.2 Å². The molecule has 2 aromatic heterocycles. The quantitative estimate of drug-likeness (QED) is 0.433. The Morgan fingerprint density at radius 2 is 2.00 bits per heavy atom. The number of nitrogens with zero attached hydrogens (tertiary/aromatic N) is 4. The van der Waals surface area contributed by atoms with Gasteiger partial charge < -0.3 is 19.8 Å². The van der Waals surface area contributed by atoms with E-state index in [9.17, 15) is 4.79 Å². The zero-order valence-corrected chi connectivity index (χ0v) is 20.3. The second-order valence-electron chi connectivity index (χ2n) is 9.51. The van der Waals surface area contributed by atoms with Crippen molar-refractivity contribution in [3.8, 4) is 5.75 Å². The van der Waals surface area contributed by atoms with Gasteiger partial charge in [-0.3, -0.25) is 9.69 Å². The van der Waals surface area contributed by atoms with Crippen LogP contribution in [-0.2, 0) is 24.4 Å². The fraction of sp³-hybridized carbons (Fsp3) is 0.370. The molecule has 2 N–H and O–H groups in total. The number of ether oxygens (including phenoxy) is 2. The number of aromatic amines is 1. The first kappa shape index (κ1) is 22.8. The van der Waals surface area contributed by atoms with Gasteiger partial charge >= 0.3 is 0 Å². The number of hydrogen-bond donors (Lipinski definition) is 2. The molecule has 2 aliphatic heterocycles. The van der Waals surface area contributed by atoms with Crippen LogP contribution >= 0.6 is 0 Å². The summed E-state index contributed by atoms with van der Waals surface area (Å²) in [7, 11) is 1.67. The maximum Gasteiger partial charge on any atom is 0.252 e. The van der Waals surface area contributed by atoms with E-state index in [1.165, 1.54) is 0 Å². The van der Waals surface area contributed by atoms with Gasteiger partial charge in [0.1, 0.15) is 17.5 Å². The molecular formula is C27H30N6O3. The Labute approximate surface area is 209 Å². The molecule has 0 radical (unpaired) electrons. The lowest BCUT2D eigenvalue weighted by molar-refractivity contribution is -0.00218. The van der Waals surface area contributed by atoms with Crippen LogP contribution in [0.3, 0.4) is 0 Å². The highest BCUT2D eigenvalue weighted by Gasteiger charge is 2.27. The van der Waals surface area contributed by atoms with Crippen molar-refractivity contribution in [3.05, 3.63) is 77.2 Å². The highest BCUT2D eigenvalue weighted by atomic mass is 16.5. The third-order valence-electron chi connectivity index (χ3n) is 7.30. The largest absolute Gasteiger partial charge is 0.497 e. The molecule has 9 heteroatoms. The molecule has 2 aromatic carbocycles. The number of rotatable bonds is 6. The summed E-state index contributed by atoms with van der Waals surface area (Å²) in [6.07, 6.45) is 3.64. The Morgan fingerprint density at radius 1 is 1.17 bits per heavy atom. The first-order chi connectivity index (χ1) is 17.7. The monoisotopic (exact) mass is 486 g/mol. The highest BCUT2D eigenvalue weighted by Crippen LogP contribution is 2.29. The van der Waals surface area contributed by atoms with Crippen LogP contribution in [0.15, 0.2) is 54.7 Å². The van der Waals surface area contributed by atoms with Gasteiger partial charge in [-0.15, -0.1) is 5.10 Å². The van der Waals surface area contributed by atoms with Gasteiger partial charge in [-0.25, -0.2) is 4.68 Å². The van der Waals surface area contributed by atoms with Crippen LogP contribution in [-0.4, -0.2) is 57.0 Å². The molecule has 0 spiro atoms. The summed E-state index contributed by atoms with van der Waals surface area (Å²) in [5.74, 6) is 0.828. The molecule has 186 valence electrons. The van der Waals surface area contributed by atoms with Crippen molar-refractivity contribution in [2.75, 3.05) is 20.2 Å². The summed E-state index contributed by atoms with van der Waals surface area (Å²) >= 11 is 0. The molecular weight excluding hydrogens is 456 g/mol. The minimum absolute atomic E-state index is 0.00501. The Morgan fingerprint density at radius 3 is 2.81 bits per heavy atom. The minimum atomic E-state index is -0.0468. The van der Waals surface area contributed by atoms with Gasteiger partial charge in [-0.1, -0.05) is 23.4 Å². The molecule has 2 aliphatic rings. The molecule has 6 rings (SSSR count). The summed E-state index contributed by atoms with van der Waals surface area (Å²) in [5, 5.41) is 13.1. The molecule has 0 saturated carbocycles. The number of carbonyl (C=O) groups excluding carboxylic acids is 1. The lowest BCUT2D eigenvalue weighted by Crippen LogP contribution is -2.44. The van der Waals surface area contributed by atoms with E-state index in [2.05, 4.69) is 25.5 Å². The molecule has 0 bridgehead atoms. The predicted octanol–water partition coefficient (Wildman–Crippen LogP) is 3.43. The van der Waals surface area contributed by atoms with E-state index >= 15 is 0 Å². The van der Waals surface area contributed by atoms with Gasteiger partial charge in [-0.05, 0) is 48.7 Å². The van der Waals surface area contributed by atoms with Crippen molar-refractivity contribution in [2.45, 2.75) is 44.7 Å². The number of aromatic nitrogens is 4. The van der Waals surface area contributed by atoms with Gasteiger partial charge in [-0.2, -0.15) is 0 Å². The Bertz CT molecular complexity index is 1350. The third-order valence-corrected chi connectivity index (χ3v) is 7.30. The minimum Gasteiger partial charge on any atom is -0.497 e. The first-order valence-electron chi connectivity index (χ1n) is 12.4. The number of hydrogen-bond acceptors (Lipinski definition) is 6. The number of likely N-dealkylation sites (tertiary alicyclic amines) is 1. The standard InChI is InChI=1S/C27H30N6O3/c1-35-20-7-5-18(6-8-20)26-16-33-25(17-36-26)24(30-31-33)15-32-13-10-19(11-14-32)29-27(34)22-3-2-4-23-21(22)9-12-28-23/h2-9,12,19,26,28H,10-11,13-17H2,1H3,(H,29,34). The molecule has 36 heavy (non-hydrogen) atoms. The van der Waals surface area contributed by atoms with E-state index in [-0.39, 0.29) is 18.1 Å². The lowest BCUT2D eigenvalue weighted by Gasteiger charge is -2.32. The normalized spacial score (nSPS) is 18.8. The van der Waals surface area contributed by atoms with Crippen LogP contribution < -0.4 is 10.1 Å². The van der Waals surface area contributed by atoms with Gasteiger partial charge in [0.2, 0.25) is 0 Å². The van der Waals surface area contributed by atoms with Crippen LogP contribution in [0.25, 0.3) is 10.9 Å². The van der Waals surface area contributed by atoms with Gasteiger partial charge in [0.05, 0.1) is 26.0 Å². The van der Waals surface area contributed by atoms with Gasteiger partial charge in [0, 0.05) is 48.3 Å². The number of fused-ring (bicyclic) bond motifs is 2. The molecule has 1 atom stereocenters. The molecule has 1 unspecified atom stereocenters. The second kappa shape index (κ2) is 9.75. The fourth-order valence-corrected chi connectivity index (χ4v) is 5.20. The Hall–Kier alpha value is -3.69. The van der Waals surface area contributed by atoms with Gasteiger partial charge in [0.15, 0.2) is 0 Å². The van der Waals surface area contributed by atoms with Crippen molar-refractivity contribution in [1.82, 2.24) is 30.2 Å². The highest BCUT2D eigenvalue weighted by molar-refractivity contribution is 6.06. The Balaban J connectivity index is 1.03. The fourth-order valence-electron chi connectivity index (χ4n) is 5.20. The maximum atomic E-state index is 12.9. The number of benzene rings is 2. The van der Waals surface area contributed by atoms with Crippen LogP contribution in [0.1, 0.15) is 46.3 Å². The molecule has 4 heterocycles. The number of H-pyrrole nitrogens is 1. The van der Waals surface area contributed by atoms with Gasteiger partial charge in [0.25, 0.3) is 5.91 Å². The smallest absolute Gasteiger partial charge is 0.252 e. The molecule has 1 saturated heterocycles. The molecule has 9 nitrogen and oxygen atoms in total. The zero-order valence-electron chi connectivity index (χ0n) is 20.3. The van der Waals surface area contributed by atoms with Crippen LogP contribution in [0.4, 0.5) is 0 Å².